The molecule has 0 saturated heterocycles. The minimum Gasteiger partial charge on any atom is -0.368 e. The molecule has 3 N–H and O–H groups in total. The number of aryl methyl sites for hydroxylation is 2. The van der Waals surface area contributed by atoms with E-state index >= 15 is 0 Å². The minimum atomic E-state index is 0.334. The summed E-state index contributed by atoms with van der Waals surface area (Å²) in [4.78, 5) is 8.48. The van der Waals surface area contributed by atoms with Crippen molar-refractivity contribution in [3.8, 4) is 11.3 Å². The van der Waals surface area contributed by atoms with Crippen molar-refractivity contribution in [2.75, 3.05) is 5.73 Å². The quantitative estimate of drug-likeness (QED) is 0.662. The zero-order chi connectivity index (χ0) is 10.4. The van der Waals surface area contributed by atoms with Crippen LogP contribution in [-0.2, 0) is 12.8 Å². The highest BCUT2D eigenvalue weighted by Crippen LogP contribution is 2.31. The summed E-state index contributed by atoms with van der Waals surface area (Å²) < 4.78 is 0. The van der Waals surface area contributed by atoms with Crippen LogP contribution >= 0.6 is 0 Å². The van der Waals surface area contributed by atoms with E-state index in [1.54, 1.807) is 6.20 Å². The van der Waals surface area contributed by atoms with Crippen LogP contribution in [0.3, 0.4) is 0 Å². The van der Waals surface area contributed by atoms with E-state index in [1.807, 2.05) is 6.92 Å². The molecule has 0 fully saturated rings. The van der Waals surface area contributed by atoms with Gasteiger partial charge in [0.25, 0.3) is 0 Å². The molecule has 0 radical (unpaired) electrons. The van der Waals surface area contributed by atoms with Gasteiger partial charge in [0.1, 0.15) is 0 Å². The second-order valence-corrected chi connectivity index (χ2v) is 3.76. The molecule has 0 unspecified atom stereocenters. The van der Waals surface area contributed by atoms with Crippen LogP contribution in [0.1, 0.15) is 17.0 Å². The van der Waals surface area contributed by atoms with Crippen molar-refractivity contribution in [3.05, 3.63) is 23.1 Å². The third kappa shape index (κ3) is 1.12. The summed E-state index contributed by atoms with van der Waals surface area (Å²) in [7, 11) is 0. The van der Waals surface area contributed by atoms with E-state index < -0.39 is 0 Å². The van der Waals surface area contributed by atoms with Gasteiger partial charge in [0.05, 0.1) is 11.9 Å². The number of fused-ring (bicyclic) bond motifs is 3. The smallest absolute Gasteiger partial charge is 0.220 e. The van der Waals surface area contributed by atoms with E-state index in [1.165, 1.54) is 5.56 Å². The maximum absolute atomic E-state index is 5.66. The van der Waals surface area contributed by atoms with Crippen LogP contribution in [0.15, 0.2) is 6.20 Å². The van der Waals surface area contributed by atoms with Crippen LogP contribution < -0.4 is 5.73 Å². The summed E-state index contributed by atoms with van der Waals surface area (Å²) in [6.45, 7) is 1.97. The molecule has 0 saturated carbocycles. The van der Waals surface area contributed by atoms with Crippen LogP contribution in [0.2, 0.25) is 0 Å². The van der Waals surface area contributed by atoms with Gasteiger partial charge in [-0.25, -0.2) is 9.97 Å². The summed E-state index contributed by atoms with van der Waals surface area (Å²) >= 11 is 0. The molecule has 0 bridgehead atoms. The number of nitrogens with zero attached hydrogens (tertiary/aromatic N) is 3. The highest BCUT2D eigenvalue weighted by Gasteiger charge is 2.21. The molecular weight excluding hydrogens is 190 g/mol. The number of anilines is 1. The van der Waals surface area contributed by atoms with Gasteiger partial charge < -0.3 is 5.73 Å². The molecule has 5 heteroatoms. The second kappa shape index (κ2) is 2.79. The molecule has 0 amide bonds. The Kier molecular flexibility index (Phi) is 1.56. The molecule has 1 aliphatic carbocycles. The number of hydrogen-bond donors (Lipinski definition) is 2. The normalized spacial score (nSPS) is 13.4. The number of hydrogen-bond acceptors (Lipinski definition) is 4. The monoisotopic (exact) mass is 201 g/mol. The van der Waals surface area contributed by atoms with Gasteiger partial charge in [0, 0.05) is 22.5 Å². The molecule has 0 spiro atoms. The molecule has 2 aromatic heterocycles. The van der Waals surface area contributed by atoms with E-state index in [2.05, 4.69) is 20.2 Å². The predicted molar refractivity (Wildman–Crippen MR) is 56.2 cm³/mol. The number of rotatable bonds is 0. The highest BCUT2D eigenvalue weighted by atomic mass is 15.1. The molecule has 0 aliphatic heterocycles. The summed E-state index contributed by atoms with van der Waals surface area (Å²) in [5, 5.41) is 7.02. The minimum absolute atomic E-state index is 0.334. The highest BCUT2D eigenvalue weighted by molar-refractivity contribution is 5.68. The van der Waals surface area contributed by atoms with Crippen molar-refractivity contribution < 1.29 is 0 Å². The molecule has 2 heterocycles. The van der Waals surface area contributed by atoms with Gasteiger partial charge in [-0.3, -0.25) is 5.10 Å². The summed E-state index contributed by atoms with van der Waals surface area (Å²) in [5.74, 6) is 0.334. The average molecular weight is 201 g/mol. The number of nitrogens with two attached hydrogens (primary N) is 1. The Bertz CT molecular complexity index is 529. The lowest BCUT2D eigenvalue weighted by Crippen LogP contribution is -2.10. The Labute approximate surface area is 86.8 Å². The summed E-state index contributed by atoms with van der Waals surface area (Å²) in [6.07, 6.45) is 3.73. The van der Waals surface area contributed by atoms with Gasteiger partial charge in [-0.1, -0.05) is 0 Å². The number of H-pyrrole nitrogens is 1. The number of aromatic nitrogens is 4. The standard InChI is InChI=1S/C10H11N5/c1-5-6-2-3-8-7(4-12-15-8)9(6)14-10(11)13-5/h4H,2-3H2,1H3,(H,12,15)(H2,11,13,14). The third-order valence-electron chi connectivity index (χ3n) is 2.83. The topological polar surface area (TPSA) is 80.5 Å². The maximum atomic E-state index is 5.66. The molecule has 3 rings (SSSR count). The van der Waals surface area contributed by atoms with E-state index in [-0.39, 0.29) is 0 Å². The van der Waals surface area contributed by atoms with Crippen molar-refractivity contribution in [1.29, 1.82) is 0 Å². The Morgan fingerprint density at radius 1 is 1.33 bits per heavy atom. The van der Waals surface area contributed by atoms with Crippen molar-refractivity contribution in [1.82, 2.24) is 20.2 Å². The molecule has 0 atom stereocenters. The van der Waals surface area contributed by atoms with Crippen LogP contribution in [0.5, 0.6) is 0 Å². The van der Waals surface area contributed by atoms with Crippen molar-refractivity contribution in [3.63, 3.8) is 0 Å². The van der Waals surface area contributed by atoms with Gasteiger partial charge in [-0.15, -0.1) is 0 Å². The first-order chi connectivity index (χ1) is 7.25. The Balaban J connectivity index is 2.32. The summed E-state index contributed by atoms with van der Waals surface area (Å²) in [5.41, 5.74) is 11.0. The average Bonchev–Trinajstić information content (AvgIpc) is 2.65. The Morgan fingerprint density at radius 2 is 2.20 bits per heavy atom. The third-order valence-corrected chi connectivity index (χ3v) is 2.83. The first-order valence-corrected chi connectivity index (χ1v) is 4.91. The van der Waals surface area contributed by atoms with Crippen LogP contribution in [0.4, 0.5) is 5.95 Å². The zero-order valence-corrected chi connectivity index (χ0v) is 8.41. The maximum Gasteiger partial charge on any atom is 0.220 e. The van der Waals surface area contributed by atoms with Crippen molar-refractivity contribution in [2.24, 2.45) is 0 Å². The first-order valence-electron chi connectivity index (χ1n) is 4.91. The first kappa shape index (κ1) is 8.40. The fourth-order valence-corrected chi connectivity index (χ4v) is 2.10. The summed E-state index contributed by atoms with van der Waals surface area (Å²) in [6, 6.07) is 0. The number of aromatic amines is 1. The van der Waals surface area contributed by atoms with Gasteiger partial charge in [-0.05, 0) is 19.8 Å². The largest absolute Gasteiger partial charge is 0.368 e. The van der Waals surface area contributed by atoms with Gasteiger partial charge in [0.15, 0.2) is 0 Å². The lowest BCUT2D eigenvalue weighted by molar-refractivity contribution is 0.855. The van der Waals surface area contributed by atoms with Gasteiger partial charge >= 0.3 is 0 Å². The van der Waals surface area contributed by atoms with E-state index in [0.29, 0.717) is 5.95 Å². The molecule has 5 nitrogen and oxygen atoms in total. The molecule has 0 aromatic carbocycles. The van der Waals surface area contributed by atoms with Crippen LogP contribution in [-0.4, -0.2) is 20.2 Å². The number of nitrogen functional groups attached to an aromatic ring is 1. The molecule has 76 valence electrons. The van der Waals surface area contributed by atoms with E-state index in [4.69, 9.17) is 5.73 Å². The van der Waals surface area contributed by atoms with E-state index in [9.17, 15) is 0 Å². The lowest BCUT2D eigenvalue weighted by Gasteiger charge is -2.16. The molecule has 2 aromatic rings. The fraction of sp³-hybridized carbons (Fsp3) is 0.300. The van der Waals surface area contributed by atoms with Crippen molar-refractivity contribution >= 4 is 5.95 Å². The number of nitrogens with one attached hydrogen (secondary N) is 1. The lowest BCUT2D eigenvalue weighted by atomic mass is 9.93. The van der Waals surface area contributed by atoms with Crippen LogP contribution in [0.25, 0.3) is 11.3 Å². The predicted octanol–water partition coefficient (Wildman–Crippen LogP) is 0.856. The van der Waals surface area contributed by atoms with Crippen LogP contribution in [0, 0.1) is 6.92 Å². The second-order valence-electron chi connectivity index (χ2n) is 3.76. The van der Waals surface area contributed by atoms with E-state index in [0.717, 1.165) is 35.5 Å². The van der Waals surface area contributed by atoms with Crippen molar-refractivity contribution in [2.45, 2.75) is 19.8 Å². The molecule has 15 heavy (non-hydrogen) atoms. The Morgan fingerprint density at radius 3 is 3.07 bits per heavy atom. The SMILES string of the molecule is Cc1nc(N)nc2c1CCc1[nH]ncc1-2. The Hall–Kier alpha value is -1.91. The molecular formula is C10H11N5. The van der Waals surface area contributed by atoms with Gasteiger partial charge in [0.2, 0.25) is 5.95 Å². The van der Waals surface area contributed by atoms with Gasteiger partial charge in [-0.2, -0.15) is 5.10 Å². The fourth-order valence-electron chi connectivity index (χ4n) is 2.10. The molecule has 1 aliphatic rings. The zero-order valence-electron chi connectivity index (χ0n) is 8.41.